The summed E-state index contributed by atoms with van der Waals surface area (Å²) in [5, 5.41) is 32.0. The maximum Gasteiger partial charge on any atom is 0.174 e. The summed E-state index contributed by atoms with van der Waals surface area (Å²) in [5.74, 6) is -0.0441. The number of phenolic OH excluding ortho intramolecular Hbond substituents is 3. The topological polar surface area (TPSA) is 96.2 Å². The minimum Gasteiger partial charge on any atom is -0.507 e. The van der Waals surface area contributed by atoms with Crippen LogP contribution in [0.3, 0.4) is 0 Å². The number of carbonyl (C=O) groups is 1. The van der Waals surface area contributed by atoms with Gasteiger partial charge in [0.15, 0.2) is 17.3 Å². The molecular weight excluding hydrogens is 456 g/mol. The Balaban J connectivity index is 1.83. The third kappa shape index (κ3) is 4.85. The molecule has 2 aromatic rings. The van der Waals surface area contributed by atoms with E-state index < -0.39 is 11.7 Å². The summed E-state index contributed by atoms with van der Waals surface area (Å²) < 4.78 is 12.6. The lowest BCUT2D eigenvalue weighted by Gasteiger charge is -2.34. The summed E-state index contributed by atoms with van der Waals surface area (Å²) in [7, 11) is 0. The summed E-state index contributed by atoms with van der Waals surface area (Å²) in [6, 6.07) is 3.18. The first-order valence-corrected chi connectivity index (χ1v) is 12.2. The standard InChI is InChI=1S/C30H34O6/c1-16(2)7-9-18-13-19(14-23(32)26(18)33)24-15-22(31)25-27(34)20(10-8-17(3)4)28-21(29(25)35-24)11-12-30(5,6)36-28/h7-8,11-14,24,32-34H,9-10,15H2,1-6H3/t24-/m0/s1. The lowest BCUT2D eigenvalue weighted by molar-refractivity contribution is 0.0840. The number of aromatic hydroxyl groups is 3. The van der Waals surface area contributed by atoms with Crippen LogP contribution in [-0.2, 0) is 12.8 Å². The van der Waals surface area contributed by atoms with Crippen LogP contribution in [0, 0.1) is 0 Å². The Morgan fingerprint density at radius 2 is 1.67 bits per heavy atom. The van der Waals surface area contributed by atoms with E-state index in [1.165, 1.54) is 6.07 Å². The average molecular weight is 491 g/mol. The van der Waals surface area contributed by atoms with Crippen molar-refractivity contribution < 1.29 is 29.6 Å². The predicted octanol–water partition coefficient (Wildman–Crippen LogP) is 6.71. The van der Waals surface area contributed by atoms with Crippen LogP contribution in [0.5, 0.6) is 28.7 Å². The highest BCUT2D eigenvalue weighted by Gasteiger charge is 2.38. The monoisotopic (exact) mass is 490 g/mol. The van der Waals surface area contributed by atoms with Gasteiger partial charge in [0.2, 0.25) is 0 Å². The molecule has 6 heteroatoms. The Labute approximate surface area is 212 Å². The molecule has 0 aromatic heterocycles. The Morgan fingerprint density at radius 3 is 2.33 bits per heavy atom. The van der Waals surface area contributed by atoms with Gasteiger partial charge in [-0.05, 0) is 84.2 Å². The van der Waals surface area contributed by atoms with Gasteiger partial charge in [0.25, 0.3) is 0 Å². The molecule has 3 N–H and O–H groups in total. The van der Waals surface area contributed by atoms with E-state index in [0.29, 0.717) is 40.8 Å². The number of ether oxygens (including phenoxy) is 2. The largest absolute Gasteiger partial charge is 0.507 e. The molecule has 0 aliphatic carbocycles. The maximum absolute atomic E-state index is 13.4. The van der Waals surface area contributed by atoms with Crippen molar-refractivity contribution >= 4 is 11.9 Å². The maximum atomic E-state index is 13.4. The second kappa shape index (κ2) is 9.41. The number of hydrogen-bond donors (Lipinski definition) is 3. The fraction of sp³-hybridized carbons (Fsp3) is 0.367. The quantitative estimate of drug-likeness (QED) is 0.318. The molecule has 6 nitrogen and oxygen atoms in total. The molecule has 4 rings (SSSR count). The lowest BCUT2D eigenvalue weighted by atomic mass is 9.88. The summed E-state index contributed by atoms with van der Waals surface area (Å²) in [4.78, 5) is 13.4. The number of ketones is 1. The van der Waals surface area contributed by atoms with Crippen molar-refractivity contribution in [1.82, 2.24) is 0 Å². The molecule has 2 aromatic carbocycles. The highest BCUT2D eigenvalue weighted by atomic mass is 16.5. The molecule has 0 spiro atoms. The highest BCUT2D eigenvalue weighted by molar-refractivity contribution is 6.05. The molecule has 0 saturated carbocycles. The van der Waals surface area contributed by atoms with Gasteiger partial charge in [0.05, 0.1) is 12.0 Å². The number of fused-ring (bicyclic) bond motifs is 3. The first kappa shape index (κ1) is 25.4. The van der Waals surface area contributed by atoms with Crippen LogP contribution in [0.15, 0.2) is 41.5 Å². The van der Waals surface area contributed by atoms with Crippen molar-refractivity contribution in [3.05, 3.63) is 69.3 Å². The second-order valence-electron chi connectivity index (χ2n) is 10.6. The van der Waals surface area contributed by atoms with Gasteiger partial charge in [0, 0.05) is 11.1 Å². The zero-order valence-corrected chi connectivity index (χ0v) is 21.7. The van der Waals surface area contributed by atoms with Crippen LogP contribution in [0.1, 0.15) is 86.7 Å². The summed E-state index contributed by atoms with van der Waals surface area (Å²) in [6.07, 6.45) is 7.87. The number of allylic oxidation sites excluding steroid dienone is 4. The highest BCUT2D eigenvalue weighted by Crippen LogP contribution is 2.51. The Bertz CT molecular complexity index is 1320. The number of hydrogen-bond acceptors (Lipinski definition) is 6. The number of rotatable bonds is 5. The van der Waals surface area contributed by atoms with Crippen LogP contribution in [0.2, 0.25) is 0 Å². The SMILES string of the molecule is CC(C)=CCc1cc([C@@H]2CC(=O)c3c(O)c(CC=C(C)C)c4c(c3O2)C=CC(C)(C)O4)cc(O)c1O. The number of Topliss-reactive ketones (excluding diaryl/α,β-unsaturated/α-hetero) is 1. The second-order valence-corrected chi connectivity index (χ2v) is 10.6. The molecule has 2 heterocycles. The molecule has 1 atom stereocenters. The minimum absolute atomic E-state index is 0.0101. The molecule has 36 heavy (non-hydrogen) atoms. The molecule has 2 aliphatic heterocycles. The van der Waals surface area contributed by atoms with Gasteiger partial charge in [-0.15, -0.1) is 0 Å². The lowest BCUT2D eigenvalue weighted by Crippen LogP contribution is -2.30. The van der Waals surface area contributed by atoms with Gasteiger partial charge in [-0.25, -0.2) is 0 Å². The number of benzene rings is 2. The van der Waals surface area contributed by atoms with Crippen molar-refractivity contribution in [2.45, 2.75) is 72.5 Å². The van der Waals surface area contributed by atoms with Gasteiger partial charge in [0.1, 0.15) is 34.5 Å². The molecule has 0 bridgehead atoms. The fourth-order valence-corrected chi connectivity index (χ4v) is 4.49. The zero-order chi connectivity index (χ0) is 26.4. The molecule has 0 unspecified atom stereocenters. The smallest absolute Gasteiger partial charge is 0.174 e. The van der Waals surface area contributed by atoms with Crippen LogP contribution >= 0.6 is 0 Å². The van der Waals surface area contributed by atoms with Crippen molar-refractivity contribution in [2.24, 2.45) is 0 Å². The summed E-state index contributed by atoms with van der Waals surface area (Å²) in [5.41, 5.74) is 4.03. The Morgan fingerprint density at radius 1 is 1.00 bits per heavy atom. The van der Waals surface area contributed by atoms with Crippen molar-refractivity contribution in [2.75, 3.05) is 0 Å². The molecule has 0 amide bonds. The van der Waals surface area contributed by atoms with Gasteiger partial charge >= 0.3 is 0 Å². The van der Waals surface area contributed by atoms with E-state index >= 15 is 0 Å². The van der Waals surface area contributed by atoms with Crippen molar-refractivity contribution in [1.29, 1.82) is 0 Å². The van der Waals surface area contributed by atoms with Crippen LogP contribution in [-0.4, -0.2) is 26.7 Å². The summed E-state index contributed by atoms with van der Waals surface area (Å²) >= 11 is 0. The molecule has 0 radical (unpaired) electrons. The van der Waals surface area contributed by atoms with Gasteiger partial charge in [-0.3, -0.25) is 4.79 Å². The zero-order valence-electron chi connectivity index (χ0n) is 21.7. The van der Waals surface area contributed by atoms with Gasteiger partial charge < -0.3 is 24.8 Å². The van der Waals surface area contributed by atoms with E-state index in [2.05, 4.69) is 0 Å². The van der Waals surface area contributed by atoms with Crippen molar-refractivity contribution in [3.8, 4) is 28.7 Å². The first-order chi connectivity index (χ1) is 16.9. The van der Waals surface area contributed by atoms with E-state index in [9.17, 15) is 20.1 Å². The normalized spacial score (nSPS) is 17.4. The van der Waals surface area contributed by atoms with E-state index in [1.54, 1.807) is 6.07 Å². The molecule has 2 aliphatic rings. The Hall–Kier alpha value is -3.67. The van der Waals surface area contributed by atoms with E-state index in [4.69, 9.17) is 9.47 Å². The minimum atomic E-state index is -0.697. The molecule has 190 valence electrons. The van der Waals surface area contributed by atoms with Gasteiger partial charge in [-0.2, -0.15) is 0 Å². The van der Waals surface area contributed by atoms with E-state index in [0.717, 1.165) is 11.1 Å². The first-order valence-electron chi connectivity index (χ1n) is 12.2. The number of phenols is 3. The third-order valence-corrected chi connectivity index (χ3v) is 6.45. The van der Waals surface area contributed by atoms with E-state index in [-0.39, 0.29) is 40.8 Å². The Kier molecular flexibility index (Phi) is 6.65. The van der Waals surface area contributed by atoms with Crippen LogP contribution in [0.4, 0.5) is 0 Å². The number of carbonyl (C=O) groups excluding carboxylic acids is 1. The fourth-order valence-electron chi connectivity index (χ4n) is 4.49. The van der Waals surface area contributed by atoms with Crippen molar-refractivity contribution in [3.63, 3.8) is 0 Å². The third-order valence-electron chi connectivity index (χ3n) is 6.45. The molecular formula is C30H34O6. The van der Waals surface area contributed by atoms with E-state index in [1.807, 2.05) is 65.8 Å². The van der Waals surface area contributed by atoms with Crippen LogP contribution in [0.25, 0.3) is 6.08 Å². The predicted molar refractivity (Wildman–Crippen MR) is 140 cm³/mol. The summed E-state index contributed by atoms with van der Waals surface area (Å²) in [6.45, 7) is 11.7. The average Bonchev–Trinajstić information content (AvgIpc) is 2.78. The van der Waals surface area contributed by atoms with Crippen LogP contribution < -0.4 is 9.47 Å². The van der Waals surface area contributed by atoms with Gasteiger partial charge in [-0.1, -0.05) is 23.3 Å². The molecule has 0 saturated heterocycles. The molecule has 0 fully saturated rings.